The molecule has 2 N–H and O–H groups in total. The van der Waals surface area contributed by atoms with E-state index in [2.05, 4.69) is 38.2 Å². The number of hydrogen-bond acceptors (Lipinski definition) is 10. The average molecular weight is 481 g/mol. The predicted molar refractivity (Wildman–Crippen MR) is 133 cm³/mol. The van der Waals surface area contributed by atoms with Crippen molar-refractivity contribution in [2.45, 2.75) is 27.3 Å². The zero-order valence-corrected chi connectivity index (χ0v) is 20.5. The Morgan fingerprint density at radius 3 is 2.31 bits per heavy atom. The number of anilines is 3. The highest BCUT2D eigenvalue weighted by atomic mass is 16.5. The number of carbonyl (C=O) groups excluding carboxylic acids is 1. The number of aromatic nitrogens is 6. The second kappa shape index (κ2) is 9.61. The summed E-state index contributed by atoms with van der Waals surface area (Å²) in [6, 6.07) is 0. The minimum atomic E-state index is 0.108. The van der Waals surface area contributed by atoms with Gasteiger partial charge in [-0.15, -0.1) is 0 Å². The number of nitrogens with zero attached hydrogens (tertiary/aromatic N) is 9. The number of piperazine rings is 1. The van der Waals surface area contributed by atoms with Crippen LogP contribution in [0.3, 0.4) is 0 Å². The number of morpholine rings is 1. The first kappa shape index (κ1) is 23.2. The van der Waals surface area contributed by atoms with Gasteiger partial charge in [-0.2, -0.15) is 0 Å². The molecule has 186 valence electrons. The van der Waals surface area contributed by atoms with Gasteiger partial charge in [0.1, 0.15) is 0 Å². The van der Waals surface area contributed by atoms with Crippen molar-refractivity contribution >= 4 is 34.8 Å². The highest BCUT2D eigenvalue weighted by Crippen LogP contribution is 2.32. The van der Waals surface area contributed by atoms with Crippen LogP contribution in [-0.4, -0.2) is 92.8 Å². The van der Waals surface area contributed by atoms with Crippen molar-refractivity contribution in [2.75, 3.05) is 68.0 Å². The van der Waals surface area contributed by atoms with Crippen molar-refractivity contribution < 1.29 is 9.53 Å². The van der Waals surface area contributed by atoms with E-state index in [1.165, 1.54) is 0 Å². The lowest BCUT2D eigenvalue weighted by atomic mass is 10.2. The summed E-state index contributed by atoms with van der Waals surface area (Å²) in [5, 5.41) is 0. The van der Waals surface area contributed by atoms with Gasteiger partial charge in [0, 0.05) is 65.1 Å². The summed E-state index contributed by atoms with van der Waals surface area (Å²) < 4.78 is 7.77. The number of imidazole rings is 1. The molecule has 0 aromatic carbocycles. The molecule has 0 saturated carbocycles. The number of amides is 1. The summed E-state index contributed by atoms with van der Waals surface area (Å²) in [7, 11) is 0. The molecule has 0 aliphatic carbocycles. The van der Waals surface area contributed by atoms with E-state index < -0.39 is 0 Å². The lowest BCUT2D eigenvalue weighted by Crippen LogP contribution is -2.48. The predicted octanol–water partition coefficient (Wildman–Crippen LogP) is 1.03. The largest absolute Gasteiger partial charge is 0.378 e. The Bertz CT molecular complexity index is 1200. The van der Waals surface area contributed by atoms with Gasteiger partial charge in [-0.05, 0) is 5.92 Å². The molecule has 2 fully saturated rings. The zero-order chi connectivity index (χ0) is 24.5. The number of hydrogen-bond donors (Lipinski definition) is 1. The van der Waals surface area contributed by atoms with Crippen molar-refractivity contribution in [1.29, 1.82) is 0 Å². The lowest BCUT2D eigenvalue weighted by molar-refractivity contribution is -0.129. The molecule has 12 nitrogen and oxygen atoms in total. The molecule has 5 rings (SSSR count). The molecule has 0 spiro atoms. The SMILES string of the molecule is CC(=O)N1CCN(c2nc3c(N4CCOCC4)nc(-c4cnc(N)nc4)nc3n2CC(C)C)CC1. The second-order valence-electron chi connectivity index (χ2n) is 9.38. The van der Waals surface area contributed by atoms with Crippen molar-refractivity contribution in [3.8, 4) is 11.4 Å². The van der Waals surface area contributed by atoms with E-state index in [9.17, 15) is 4.79 Å². The van der Waals surface area contributed by atoms with Crippen LogP contribution in [0, 0.1) is 5.92 Å². The number of nitrogens with two attached hydrogens (primary N) is 1. The molecule has 5 heterocycles. The number of ether oxygens (including phenoxy) is 1. The van der Waals surface area contributed by atoms with Gasteiger partial charge in [-0.1, -0.05) is 13.8 Å². The van der Waals surface area contributed by atoms with E-state index in [0.717, 1.165) is 55.7 Å². The molecule has 3 aromatic rings. The molecule has 2 saturated heterocycles. The molecule has 0 unspecified atom stereocenters. The van der Waals surface area contributed by atoms with Crippen LogP contribution in [0.4, 0.5) is 17.7 Å². The Morgan fingerprint density at radius 1 is 1.00 bits per heavy atom. The van der Waals surface area contributed by atoms with Crippen molar-refractivity contribution in [2.24, 2.45) is 5.92 Å². The Balaban J connectivity index is 1.65. The molecule has 1 amide bonds. The molecular formula is C23H32N10O2. The first-order valence-corrected chi connectivity index (χ1v) is 12.1. The normalized spacial score (nSPS) is 17.0. The molecule has 0 radical (unpaired) electrons. The molecule has 3 aromatic heterocycles. The first-order valence-electron chi connectivity index (χ1n) is 12.1. The first-order chi connectivity index (χ1) is 16.9. The number of carbonyl (C=O) groups is 1. The van der Waals surface area contributed by atoms with E-state index in [1.54, 1.807) is 19.3 Å². The maximum Gasteiger partial charge on any atom is 0.219 e. The van der Waals surface area contributed by atoms with E-state index in [-0.39, 0.29) is 11.9 Å². The third-order valence-corrected chi connectivity index (χ3v) is 6.35. The highest BCUT2D eigenvalue weighted by molar-refractivity contribution is 5.88. The van der Waals surface area contributed by atoms with Crippen LogP contribution < -0.4 is 15.5 Å². The second-order valence-corrected chi connectivity index (χ2v) is 9.38. The van der Waals surface area contributed by atoms with E-state index in [1.807, 2.05) is 4.90 Å². The van der Waals surface area contributed by atoms with Gasteiger partial charge in [-0.25, -0.2) is 24.9 Å². The molecule has 0 atom stereocenters. The number of nitrogen functional groups attached to an aromatic ring is 1. The van der Waals surface area contributed by atoms with Gasteiger partial charge in [0.15, 0.2) is 22.8 Å². The highest BCUT2D eigenvalue weighted by Gasteiger charge is 2.28. The number of rotatable bonds is 5. The smallest absolute Gasteiger partial charge is 0.219 e. The quantitative estimate of drug-likeness (QED) is 0.565. The number of fused-ring (bicyclic) bond motifs is 1. The van der Waals surface area contributed by atoms with Crippen LogP contribution in [0.1, 0.15) is 20.8 Å². The van der Waals surface area contributed by atoms with E-state index in [0.29, 0.717) is 43.6 Å². The maximum absolute atomic E-state index is 11.8. The van der Waals surface area contributed by atoms with Gasteiger partial charge in [0.05, 0.1) is 18.8 Å². The fraction of sp³-hybridized carbons (Fsp3) is 0.565. The van der Waals surface area contributed by atoms with Gasteiger partial charge < -0.3 is 25.2 Å². The van der Waals surface area contributed by atoms with E-state index in [4.69, 9.17) is 25.4 Å². The van der Waals surface area contributed by atoms with Gasteiger partial charge >= 0.3 is 0 Å². The van der Waals surface area contributed by atoms with Gasteiger partial charge in [0.2, 0.25) is 17.8 Å². The summed E-state index contributed by atoms with van der Waals surface area (Å²) in [5.41, 5.74) is 7.96. The molecule has 2 aliphatic heterocycles. The van der Waals surface area contributed by atoms with Crippen molar-refractivity contribution in [3.63, 3.8) is 0 Å². The minimum Gasteiger partial charge on any atom is -0.378 e. The summed E-state index contributed by atoms with van der Waals surface area (Å²) in [5.74, 6) is 2.89. The lowest BCUT2D eigenvalue weighted by Gasteiger charge is -2.35. The van der Waals surface area contributed by atoms with Crippen LogP contribution in [-0.2, 0) is 16.1 Å². The molecule has 0 bridgehead atoms. The topological polar surface area (TPSA) is 131 Å². The van der Waals surface area contributed by atoms with Gasteiger partial charge in [0.25, 0.3) is 0 Å². The monoisotopic (exact) mass is 480 g/mol. The summed E-state index contributed by atoms with van der Waals surface area (Å²) >= 11 is 0. The Kier molecular flexibility index (Phi) is 6.37. The minimum absolute atomic E-state index is 0.108. The zero-order valence-electron chi connectivity index (χ0n) is 20.5. The Labute approximate surface area is 204 Å². The van der Waals surface area contributed by atoms with Gasteiger partial charge in [-0.3, -0.25) is 9.36 Å². The van der Waals surface area contributed by atoms with Crippen LogP contribution in [0.2, 0.25) is 0 Å². The maximum atomic E-state index is 11.8. The average Bonchev–Trinajstić information content (AvgIpc) is 3.22. The third kappa shape index (κ3) is 4.70. The van der Waals surface area contributed by atoms with Crippen LogP contribution >= 0.6 is 0 Å². The Morgan fingerprint density at radius 2 is 1.69 bits per heavy atom. The van der Waals surface area contributed by atoms with Crippen molar-refractivity contribution in [3.05, 3.63) is 12.4 Å². The molecule has 2 aliphatic rings. The van der Waals surface area contributed by atoms with Crippen LogP contribution in [0.25, 0.3) is 22.6 Å². The fourth-order valence-electron chi connectivity index (χ4n) is 4.55. The fourth-order valence-corrected chi connectivity index (χ4v) is 4.55. The molecule has 12 heteroatoms. The van der Waals surface area contributed by atoms with Crippen LogP contribution in [0.15, 0.2) is 12.4 Å². The summed E-state index contributed by atoms with van der Waals surface area (Å²) in [6.07, 6.45) is 3.30. The molecule has 35 heavy (non-hydrogen) atoms. The third-order valence-electron chi connectivity index (χ3n) is 6.35. The van der Waals surface area contributed by atoms with E-state index >= 15 is 0 Å². The summed E-state index contributed by atoms with van der Waals surface area (Å²) in [4.78, 5) is 41.5. The summed E-state index contributed by atoms with van der Waals surface area (Å²) in [6.45, 7) is 12.3. The van der Waals surface area contributed by atoms with Crippen LogP contribution in [0.5, 0.6) is 0 Å². The van der Waals surface area contributed by atoms with Crippen molar-refractivity contribution in [1.82, 2.24) is 34.4 Å². The molecular weight excluding hydrogens is 448 g/mol. The standard InChI is InChI=1S/C23H32N10O2/c1-15(2)14-33-21-18(27-23(33)32-6-4-30(5-7-32)16(3)34)20(31-8-10-35-11-9-31)28-19(29-21)17-12-25-22(24)26-13-17/h12-13,15H,4-11,14H2,1-3H3,(H2,24,25,26). The Hall–Kier alpha value is -3.54.